The summed E-state index contributed by atoms with van der Waals surface area (Å²) < 4.78 is 13.1. The monoisotopic (exact) mass is 296 g/mol. The standard InChI is InChI=1S/C19H17FO2/c1-3-12-19(18(21)22,16-8-10-17(20)11-9-16)13-15-6-4-14(2)5-7-15/h1,4-11H,12-13H2,2H3,(H,21,22)/t19-/m1/s1. The van der Waals surface area contributed by atoms with E-state index in [1.54, 1.807) is 0 Å². The average molecular weight is 296 g/mol. The molecule has 3 heteroatoms. The SMILES string of the molecule is C#CC[C@](Cc1ccc(C)cc1)(C(=O)O)c1ccc(F)cc1. The highest BCUT2D eigenvalue weighted by Gasteiger charge is 2.40. The second-order valence-corrected chi connectivity index (χ2v) is 5.44. The first-order valence-corrected chi connectivity index (χ1v) is 6.96. The summed E-state index contributed by atoms with van der Waals surface area (Å²) in [5.74, 6) is 1.05. The summed E-state index contributed by atoms with van der Waals surface area (Å²) in [5.41, 5.74) is 1.24. The van der Waals surface area contributed by atoms with E-state index in [4.69, 9.17) is 6.42 Å². The fraction of sp³-hybridized carbons (Fsp3) is 0.211. The van der Waals surface area contributed by atoms with E-state index in [0.29, 0.717) is 5.56 Å². The summed E-state index contributed by atoms with van der Waals surface area (Å²) >= 11 is 0. The summed E-state index contributed by atoms with van der Waals surface area (Å²) in [6, 6.07) is 13.2. The normalized spacial score (nSPS) is 13.1. The molecule has 0 aliphatic rings. The molecule has 0 amide bonds. The van der Waals surface area contributed by atoms with Gasteiger partial charge in [0.05, 0.1) is 0 Å². The number of carboxylic acid groups (broad SMARTS) is 1. The quantitative estimate of drug-likeness (QED) is 0.854. The van der Waals surface area contributed by atoms with Crippen LogP contribution in [0.4, 0.5) is 4.39 Å². The lowest BCUT2D eigenvalue weighted by Crippen LogP contribution is -2.38. The number of hydrogen-bond donors (Lipinski definition) is 1. The highest BCUT2D eigenvalue weighted by atomic mass is 19.1. The molecule has 2 aromatic rings. The topological polar surface area (TPSA) is 37.3 Å². The number of benzene rings is 2. The third-order valence-electron chi connectivity index (χ3n) is 3.84. The van der Waals surface area contributed by atoms with Crippen LogP contribution in [0.2, 0.25) is 0 Å². The van der Waals surface area contributed by atoms with Crippen molar-refractivity contribution in [3.63, 3.8) is 0 Å². The van der Waals surface area contributed by atoms with Crippen LogP contribution in [0.15, 0.2) is 48.5 Å². The fourth-order valence-corrected chi connectivity index (χ4v) is 2.54. The Bertz CT molecular complexity index is 696. The Labute approximate surface area is 129 Å². The van der Waals surface area contributed by atoms with Gasteiger partial charge in [-0.05, 0) is 36.6 Å². The van der Waals surface area contributed by atoms with Crippen molar-refractivity contribution in [2.24, 2.45) is 0 Å². The molecule has 0 aliphatic heterocycles. The molecule has 22 heavy (non-hydrogen) atoms. The Morgan fingerprint density at radius 3 is 2.27 bits per heavy atom. The lowest BCUT2D eigenvalue weighted by molar-refractivity contribution is -0.143. The van der Waals surface area contributed by atoms with Gasteiger partial charge in [-0.3, -0.25) is 4.79 Å². The lowest BCUT2D eigenvalue weighted by atomic mass is 9.73. The number of hydrogen-bond acceptors (Lipinski definition) is 1. The van der Waals surface area contributed by atoms with E-state index >= 15 is 0 Å². The van der Waals surface area contributed by atoms with E-state index in [2.05, 4.69) is 5.92 Å². The molecule has 0 fully saturated rings. The van der Waals surface area contributed by atoms with Gasteiger partial charge in [0.2, 0.25) is 0 Å². The van der Waals surface area contributed by atoms with Crippen LogP contribution in [0.25, 0.3) is 0 Å². The van der Waals surface area contributed by atoms with Gasteiger partial charge in [-0.15, -0.1) is 12.3 Å². The van der Waals surface area contributed by atoms with Crippen molar-refractivity contribution in [2.45, 2.75) is 25.2 Å². The van der Waals surface area contributed by atoms with Crippen molar-refractivity contribution in [3.8, 4) is 12.3 Å². The molecule has 0 bridgehead atoms. The van der Waals surface area contributed by atoms with Crippen molar-refractivity contribution in [2.75, 3.05) is 0 Å². The minimum atomic E-state index is -1.25. The van der Waals surface area contributed by atoms with Crippen LogP contribution >= 0.6 is 0 Å². The Kier molecular flexibility index (Phi) is 4.62. The second kappa shape index (κ2) is 6.44. The number of aryl methyl sites for hydroxylation is 1. The highest BCUT2D eigenvalue weighted by Crippen LogP contribution is 2.33. The second-order valence-electron chi connectivity index (χ2n) is 5.44. The van der Waals surface area contributed by atoms with Gasteiger partial charge in [0.15, 0.2) is 0 Å². The first kappa shape index (κ1) is 15.8. The molecule has 2 nitrogen and oxygen atoms in total. The molecule has 0 heterocycles. The Hall–Kier alpha value is -2.60. The molecule has 1 N–H and O–H groups in total. The lowest BCUT2D eigenvalue weighted by Gasteiger charge is -2.28. The van der Waals surface area contributed by atoms with Crippen LogP contribution in [0.3, 0.4) is 0 Å². The molecule has 0 saturated heterocycles. The molecule has 0 unspecified atom stereocenters. The molecular formula is C19H17FO2. The largest absolute Gasteiger partial charge is 0.481 e. The first-order chi connectivity index (χ1) is 10.5. The number of carboxylic acids is 1. The van der Waals surface area contributed by atoms with Gasteiger partial charge >= 0.3 is 5.97 Å². The summed E-state index contributed by atoms with van der Waals surface area (Å²) in [4.78, 5) is 12.0. The van der Waals surface area contributed by atoms with E-state index < -0.39 is 17.2 Å². The van der Waals surface area contributed by atoms with Crippen LogP contribution in [0.1, 0.15) is 23.1 Å². The van der Waals surface area contributed by atoms with Crippen LogP contribution in [-0.2, 0) is 16.6 Å². The average Bonchev–Trinajstić information content (AvgIpc) is 2.49. The van der Waals surface area contributed by atoms with E-state index in [-0.39, 0.29) is 12.8 Å². The highest BCUT2D eigenvalue weighted by molar-refractivity contribution is 5.82. The summed E-state index contributed by atoms with van der Waals surface area (Å²) in [5, 5.41) is 9.80. The summed E-state index contributed by atoms with van der Waals surface area (Å²) in [6.07, 6.45) is 5.72. The molecule has 0 radical (unpaired) electrons. The molecule has 0 saturated carbocycles. The fourth-order valence-electron chi connectivity index (χ4n) is 2.54. The maximum atomic E-state index is 13.1. The zero-order valence-electron chi connectivity index (χ0n) is 12.3. The van der Waals surface area contributed by atoms with Crippen molar-refractivity contribution in [1.82, 2.24) is 0 Å². The first-order valence-electron chi connectivity index (χ1n) is 6.96. The van der Waals surface area contributed by atoms with Crippen molar-refractivity contribution >= 4 is 5.97 Å². The van der Waals surface area contributed by atoms with Crippen molar-refractivity contribution in [3.05, 3.63) is 71.0 Å². The Balaban J connectivity index is 2.49. The van der Waals surface area contributed by atoms with Crippen LogP contribution in [0.5, 0.6) is 0 Å². The van der Waals surface area contributed by atoms with Gasteiger partial charge in [-0.25, -0.2) is 4.39 Å². The molecule has 2 aromatic carbocycles. The predicted molar refractivity (Wildman–Crippen MR) is 84.0 cm³/mol. The minimum absolute atomic E-state index is 0.0435. The number of carbonyl (C=O) groups is 1. The minimum Gasteiger partial charge on any atom is -0.481 e. The van der Waals surface area contributed by atoms with E-state index in [0.717, 1.165) is 11.1 Å². The number of rotatable bonds is 5. The van der Waals surface area contributed by atoms with Crippen molar-refractivity contribution < 1.29 is 14.3 Å². The van der Waals surface area contributed by atoms with Gasteiger partial charge in [0, 0.05) is 6.42 Å². The number of aliphatic carboxylic acids is 1. The van der Waals surface area contributed by atoms with Gasteiger partial charge in [0.25, 0.3) is 0 Å². The maximum absolute atomic E-state index is 13.1. The zero-order valence-corrected chi connectivity index (χ0v) is 12.3. The Morgan fingerprint density at radius 2 is 1.77 bits per heavy atom. The molecule has 1 atom stereocenters. The van der Waals surface area contributed by atoms with Gasteiger partial charge in [-0.1, -0.05) is 42.0 Å². The molecule has 112 valence electrons. The van der Waals surface area contributed by atoms with Crippen LogP contribution in [-0.4, -0.2) is 11.1 Å². The maximum Gasteiger partial charge on any atom is 0.315 e. The van der Waals surface area contributed by atoms with Crippen LogP contribution < -0.4 is 0 Å². The summed E-state index contributed by atoms with van der Waals surface area (Å²) in [6.45, 7) is 1.97. The molecule has 0 aliphatic carbocycles. The zero-order chi connectivity index (χ0) is 16.2. The third kappa shape index (κ3) is 3.17. The van der Waals surface area contributed by atoms with Gasteiger partial charge in [-0.2, -0.15) is 0 Å². The molecular weight excluding hydrogens is 279 g/mol. The summed E-state index contributed by atoms with van der Waals surface area (Å²) in [7, 11) is 0. The molecule has 2 rings (SSSR count). The molecule has 0 aromatic heterocycles. The van der Waals surface area contributed by atoms with Crippen molar-refractivity contribution in [1.29, 1.82) is 0 Å². The molecule has 0 spiro atoms. The van der Waals surface area contributed by atoms with E-state index in [9.17, 15) is 14.3 Å². The third-order valence-corrected chi connectivity index (χ3v) is 3.84. The predicted octanol–water partition coefficient (Wildman–Crippen LogP) is 3.72. The Morgan fingerprint density at radius 1 is 1.18 bits per heavy atom. The van der Waals surface area contributed by atoms with Gasteiger partial charge in [0.1, 0.15) is 11.2 Å². The van der Waals surface area contributed by atoms with E-state index in [1.807, 2.05) is 31.2 Å². The van der Waals surface area contributed by atoms with Crippen LogP contribution in [0, 0.1) is 25.1 Å². The van der Waals surface area contributed by atoms with Gasteiger partial charge < -0.3 is 5.11 Å². The van der Waals surface area contributed by atoms with E-state index in [1.165, 1.54) is 24.3 Å². The number of halogens is 1. The number of terminal acetylenes is 1. The smallest absolute Gasteiger partial charge is 0.315 e.